The Bertz CT molecular complexity index is 570. The number of amides is 3. The first kappa shape index (κ1) is 13.6. The van der Waals surface area contributed by atoms with Crippen molar-refractivity contribution < 1.29 is 9.59 Å². The zero-order valence-corrected chi connectivity index (χ0v) is 10.8. The van der Waals surface area contributed by atoms with Gasteiger partial charge in [0.05, 0.1) is 0 Å². The minimum atomic E-state index is -0.460. The third-order valence-corrected chi connectivity index (χ3v) is 2.62. The minimum absolute atomic E-state index is 0.361. The fourth-order valence-corrected chi connectivity index (χ4v) is 1.60. The van der Waals surface area contributed by atoms with Crippen molar-refractivity contribution in [3.05, 3.63) is 71.8 Å². The topological polar surface area (TPSA) is 70.2 Å². The summed E-state index contributed by atoms with van der Waals surface area (Å²) in [5.41, 5.74) is 6.10. The van der Waals surface area contributed by atoms with Crippen LogP contribution in [0.15, 0.2) is 60.7 Å². The van der Waals surface area contributed by atoms with E-state index in [-0.39, 0.29) is 5.91 Å². The van der Waals surface area contributed by atoms with Crippen LogP contribution in [-0.2, 0) is 6.54 Å². The van der Waals surface area contributed by atoms with Crippen LogP contribution in [0.1, 0.15) is 15.9 Å². The lowest BCUT2D eigenvalue weighted by Gasteiger charge is -2.09. The predicted octanol–water partition coefficient (Wildman–Crippen LogP) is 1.83. The molecule has 0 heterocycles. The zero-order chi connectivity index (χ0) is 14.2. The number of hydrazine groups is 1. The second kappa shape index (κ2) is 6.94. The number of benzene rings is 2. The molecule has 0 aliphatic rings. The molecule has 3 N–H and O–H groups in total. The number of carbonyl (C=O) groups is 2. The van der Waals surface area contributed by atoms with Gasteiger partial charge in [-0.3, -0.25) is 10.2 Å². The van der Waals surface area contributed by atoms with Gasteiger partial charge in [-0.1, -0.05) is 48.5 Å². The SMILES string of the molecule is O=C(NCc1ccccc1)NNC(=O)c1ccccc1. The largest absolute Gasteiger partial charge is 0.333 e. The lowest BCUT2D eigenvalue weighted by molar-refractivity contribution is 0.0936. The number of rotatable bonds is 3. The molecule has 3 amide bonds. The van der Waals surface area contributed by atoms with Crippen LogP contribution in [-0.4, -0.2) is 11.9 Å². The number of hydrogen-bond donors (Lipinski definition) is 3. The van der Waals surface area contributed by atoms with Crippen LogP contribution >= 0.6 is 0 Å². The van der Waals surface area contributed by atoms with Crippen LogP contribution in [0.25, 0.3) is 0 Å². The summed E-state index contributed by atoms with van der Waals surface area (Å²) in [7, 11) is 0. The van der Waals surface area contributed by atoms with Gasteiger partial charge >= 0.3 is 6.03 Å². The smallest absolute Gasteiger partial charge is 0.333 e. The Balaban J connectivity index is 1.74. The molecule has 0 aliphatic carbocycles. The van der Waals surface area contributed by atoms with E-state index in [1.165, 1.54) is 0 Å². The molecule has 0 spiro atoms. The van der Waals surface area contributed by atoms with Crippen LogP contribution in [0.4, 0.5) is 4.79 Å². The molecule has 0 radical (unpaired) electrons. The Morgan fingerprint density at radius 3 is 2.05 bits per heavy atom. The first-order valence-electron chi connectivity index (χ1n) is 6.19. The molecule has 5 nitrogen and oxygen atoms in total. The molecule has 2 aromatic rings. The summed E-state index contributed by atoms with van der Waals surface area (Å²) in [4.78, 5) is 23.2. The average Bonchev–Trinajstić information content (AvgIpc) is 2.52. The highest BCUT2D eigenvalue weighted by Gasteiger charge is 2.05. The molecule has 0 fully saturated rings. The zero-order valence-electron chi connectivity index (χ0n) is 10.8. The summed E-state index contributed by atoms with van der Waals surface area (Å²) in [6, 6.07) is 17.7. The maximum Gasteiger partial charge on any atom is 0.333 e. The summed E-state index contributed by atoms with van der Waals surface area (Å²) >= 11 is 0. The van der Waals surface area contributed by atoms with Gasteiger partial charge in [0.2, 0.25) is 0 Å². The van der Waals surface area contributed by atoms with Gasteiger partial charge in [0, 0.05) is 12.1 Å². The van der Waals surface area contributed by atoms with E-state index < -0.39 is 6.03 Å². The molecule has 5 heteroatoms. The van der Waals surface area contributed by atoms with Gasteiger partial charge in [0.1, 0.15) is 0 Å². The van der Waals surface area contributed by atoms with Gasteiger partial charge in [-0.2, -0.15) is 0 Å². The quantitative estimate of drug-likeness (QED) is 0.744. The van der Waals surface area contributed by atoms with E-state index in [4.69, 9.17) is 0 Å². The molecule has 0 aliphatic heterocycles. The highest BCUT2D eigenvalue weighted by atomic mass is 16.2. The van der Waals surface area contributed by atoms with Crippen molar-refractivity contribution in [3.63, 3.8) is 0 Å². The third kappa shape index (κ3) is 4.13. The highest BCUT2D eigenvalue weighted by molar-refractivity contribution is 5.95. The summed E-state index contributed by atoms with van der Waals surface area (Å²) in [5, 5.41) is 2.64. The maximum absolute atomic E-state index is 11.7. The van der Waals surface area contributed by atoms with E-state index in [1.54, 1.807) is 24.3 Å². The van der Waals surface area contributed by atoms with Crippen molar-refractivity contribution in [3.8, 4) is 0 Å². The standard InChI is InChI=1S/C15H15N3O2/c19-14(13-9-5-2-6-10-13)17-18-15(20)16-11-12-7-3-1-4-8-12/h1-10H,11H2,(H,17,19)(H2,16,18,20). The van der Waals surface area contributed by atoms with Gasteiger partial charge in [0.15, 0.2) is 0 Å². The Morgan fingerprint density at radius 1 is 0.800 bits per heavy atom. The molecule has 0 atom stereocenters. The monoisotopic (exact) mass is 269 g/mol. The Kier molecular flexibility index (Phi) is 4.72. The van der Waals surface area contributed by atoms with E-state index in [0.29, 0.717) is 12.1 Å². The summed E-state index contributed by atoms with van der Waals surface area (Å²) in [6.07, 6.45) is 0. The van der Waals surface area contributed by atoms with Crippen molar-refractivity contribution in [2.45, 2.75) is 6.54 Å². The van der Waals surface area contributed by atoms with Crippen molar-refractivity contribution >= 4 is 11.9 Å². The van der Waals surface area contributed by atoms with Crippen LogP contribution in [0, 0.1) is 0 Å². The van der Waals surface area contributed by atoms with Gasteiger partial charge < -0.3 is 5.32 Å². The number of urea groups is 1. The van der Waals surface area contributed by atoms with Gasteiger partial charge in [-0.25, -0.2) is 10.2 Å². The van der Waals surface area contributed by atoms with Crippen molar-refractivity contribution in [1.29, 1.82) is 0 Å². The van der Waals surface area contributed by atoms with Crippen molar-refractivity contribution in [2.75, 3.05) is 0 Å². The molecular weight excluding hydrogens is 254 g/mol. The fourth-order valence-electron chi connectivity index (χ4n) is 1.60. The second-order valence-corrected chi connectivity index (χ2v) is 4.11. The number of nitrogens with one attached hydrogen (secondary N) is 3. The fraction of sp³-hybridized carbons (Fsp3) is 0.0667. The molecular formula is C15H15N3O2. The molecule has 0 unspecified atom stereocenters. The normalized spacial score (nSPS) is 9.60. The second-order valence-electron chi connectivity index (χ2n) is 4.11. The highest BCUT2D eigenvalue weighted by Crippen LogP contribution is 1.97. The molecule has 2 aromatic carbocycles. The van der Waals surface area contributed by atoms with E-state index in [1.807, 2.05) is 36.4 Å². The summed E-state index contributed by atoms with van der Waals surface area (Å²) in [5.74, 6) is -0.361. The predicted molar refractivity (Wildman–Crippen MR) is 75.7 cm³/mol. The van der Waals surface area contributed by atoms with E-state index in [0.717, 1.165) is 5.56 Å². The van der Waals surface area contributed by atoms with Crippen molar-refractivity contribution in [2.24, 2.45) is 0 Å². The Morgan fingerprint density at radius 2 is 1.40 bits per heavy atom. The van der Waals surface area contributed by atoms with Gasteiger partial charge in [0.25, 0.3) is 5.91 Å². The molecule has 0 aromatic heterocycles. The van der Waals surface area contributed by atoms with Crippen LogP contribution < -0.4 is 16.2 Å². The lowest BCUT2D eigenvalue weighted by Crippen LogP contribution is -2.46. The molecule has 0 saturated carbocycles. The first-order valence-corrected chi connectivity index (χ1v) is 6.19. The average molecular weight is 269 g/mol. The molecule has 0 bridgehead atoms. The Labute approximate surface area is 117 Å². The van der Waals surface area contributed by atoms with E-state index >= 15 is 0 Å². The molecule has 102 valence electrons. The van der Waals surface area contributed by atoms with Crippen LogP contribution in [0.5, 0.6) is 0 Å². The van der Waals surface area contributed by atoms with Crippen LogP contribution in [0.2, 0.25) is 0 Å². The molecule has 2 rings (SSSR count). The molecule has 20 heavy (non-hydrogen) atoms. The number of hydrogen-bond acceptors (Lipinski definition) is 2. The van der Waals surface area contributed by atoms with Crippen LogP contribution in [0.3, 0.4) is 0 Å². The van der Waals surface area contributed by atoms with Gasteiger partial charge in [-0.15, -0.1) is 0 Å². The first-order chi connectivity index (χ1) is 9.75. The lowest BCUT2D eigenvalue weighted by atomic mass is 10.2. The van der Waals surface area contributed by atoms with Crippen molar-refractivity contribution in [1.82, 2.24) is 16.2 Å². The van der Waals surface area contributed by atoms with Gasteiger partial charge in [-0.05, 0) is 17.7 Å². The van der Waals surface area contributed by atoms with E-state index in [2.05, 4.69) is 16.2 Å². The summed E-state index contributed by atoms with van der Waals surface area (Å²) < 4.78 is 0. The minimum Gasteiger partial charge on any atom is -0.333 e. The third-order valence-electron chi connectivity index (χ3n) is 2.62. The summed E-state index contributed by atoms with van der Waals surface area (Å²) in [6.45, 7) is 0.397. The number of carbonyl (C=O) groups excluding carboxylic acids is 2. The molecule has 0 saturated heterocycles. The van der Waals surface area contributed by atoms with E-state index in [9.17, 15) is 9.59 Å². The maximum atomic E-state index is 11.7. The Hall–Kier alpha value is -2.82.